The molecule has 1 unspecified atom stereocenters. The summed E-state index contributed by atoms with van der Waals surface area (Å²) in [5, 5.41) is 0. The predicted molar refractivity (Wildman–Crippen MR) is 61.5 cm³/mol. The second-order valence-corrected chi connectivity index (χ2v) is 3.80. The molecule has 0 amide bonds. The van der Waals surface area contributed by atoms with Crippen molar-refractivity contribution >= 4 is 0 Å². The summed E-state index contributed by atoms with van der Waals surface area (Å²) in [5.41, 5.74) is 4.25. The van der Waals surface area contributed by atoms with Gasteiger partial charge >= 0.3 is 26.2 Å². The smallest absolute Gasteiger partial charge is 1.00 e. The van der Waals surface area contributed by atoms with Crippen LogP contribution in [0.2, 0.25) is 0 Å². The summed E-state index contributed by atoms with van der Waals surface area (Å²) in [7, 11) is 0. The van der Waals surface area contributed by atoms with E-state index in [1.807, 2.05) is 12.2 Å². The maximum atomic E-state index is 3.36. The Morgan fingerprint density at radius 2 is 1.76 bits per heavy atom. The van der Waals surface area contributed by atoms with Crippen molar-refractivity contribution in [3.63, 3.8) is 0 Å². The second kappa shape index (κ2) is 11.5. The molecule has 92 valence electrons. The van der Waals surface area contributed by atoms with Crippen molar-refractivity contribution in [2.75, 3.05) is 0 Å². The van der Waals surface area contributed by atoms with Crippen LogP contribution in [-0.2, 0) is 26.2 Å². The first-order valence-corrected chi connectivity index (χ1v) is 5.12. The van der Waals surface area contributed by atoms with E-state index in [9.17, 15) is 0 Å². The van der Waals surface area contributed by atoms with Gasteiger partial charge < -0.3 is 24.8 Å². The minimum absolute atomic E-state index is 0. The van der Waals surface area contributed by atoms with Crippen molar-refractivity contribution in [3.05, 3.63) is 47.1 Å². The predicted octanol–water partition coefficient (Wildman–Crippen LogP) is -1.97. The number of allylic oxidation sites excluding steroid dienone is 8. The maximum Gasteiger partial charge on any atom is 4.00 e. The summed E-state index contributed by atoms with van der Waals surface area (Å²) >= 11 is 0. The molecule has 0 saturated carbocycles. The maximum absolute atomic E-state index is 3.36. The molecule has 0 spiro atoms. The van der Waals surface area contributed by atoms with Crippen LogP contribution in [0.3, 0.4) is 0 Å². The Morgan fingerprint density at radius 3 is 1.88 bits per heavy atom. The van der Waals surface area contributed by atoms with E-state index in [1.54, 1.807) is 0 Å². The fourth-order valence-corrected chi connectivity index (χ4v) is 1.50. The van der Waals surface area contributed by atoms with Crippen LogP contribution in [0.4, 0.5) is 0 Å². The van der Waals surface area contributed by atoms with Gasteiger partial charge in [0.15, 0.2) is 0 Å². The fraction of sp³-hybridized carbons (Fsp3) is 0.429. The van der Waals surface area contributed by atoms with Gasteiger partial charge in [-0.05, 0) is 0 Å². The molecule has 2 rings (SSSR count). The SMILES string of the molecule is CC1=[C-]C(C)C(C)=C1C.[C-]1=CC=CC1.[Cl-].[Cl-].[Zr+4]. The molecule has 2 aliphatic carbocycles. The molecule has 0 fully saturated rings. The average molecular weight is 348 g/mol. The normalized spacial score (nSPS) is 19.5. The first-order valence-electron chi connectivity index (χ1n) is 5.12. The van der Waals surface area contributed by atoms with E-state index < -0.39 is 0 Å². The zero-order valence-electron chi connectivity index (χ0n) is 10.8. The molecule has 2 aliphatic rings. The van der Waals surface area contributed by atoms with Crippen molar-refractivity contribution in [3.8, 4) is 0 Å². The molecule has 0 bridgehead atoms. The second-order valence-electron chi connectivity index (χ2n) is 3.80. The number of hydrogen-bond acceptors (Lipinski definition) is 0. The molecule has 0 aromatic rings. The molecule has 17 heavy (non-hydrogen) atoms. The Morgan fingerprint density at radius 1 is 1.18 bits per heavy atom. The van der Waals surface area contributed by atoms with E-state index >= 15 is 0 Å². The first kappa shape index (κ1) is 22.6. The van der Waals surface area contributed by atoms with Crippen molar-refractivity contribution in [1.29, 1.82) is 0 Å². The van der Waals surface area contributed by atoms with Crippen LogP contribution in [0.1, 0.15) is 34.1 Å². The molecule has 0 aliphatic heterocycles. The molecule has 3 heteroatoms. The summed E-state index contributed by atoms with van der Waals surface area (Å²) in [4.78, 5) is 0. The van der Waals surface area contributed by atoms with E-state index in [1.165, 1.54) is 16.7 Å². The van der Waals surface area contributed by atoms with E-state index in [2.05, 4.69) is 45.9 Å². The molecule has 0 aromatic heterocycles. The zero-order chi connectivity index (χ0) is 10.6. The van der Waals surface area contributed by atoms with Gasteiger partial charge in [-0.2, -0.15) is 17.2 Å². The van der Waals surface area contributed by atoms with Gasteiger partial charge in [-0.3, -0.25) is 12.2 Å². The molecular formula is C14H18Cl2Zr. The molecule has 0 saturated heterocycles. The van der Waals surface area contributed by atoms with Crippen LogP contribution in [0.25, 0.3) is 0 Å². The Hall–Kier alpha value is 0.423. The largest absolute Gasteiger partial charge is 4.00 e. The Balaban J connectivity index is -0.000000216. The summed E-state index contributed by atoms with van der Waals surface area (Å²) < 4.78 is 0. The van der Waals surface area contributed by atoms with Crippen LogP contribution in [0.5, 0.6) is 0 Å². The van der Waals surface area contributed by atoms with Gasteiger partial charge in [-0.15, -0.1) is 13.3 Å². The van der Waals surface area contributed by atoms with E-state index in [0.717, 1.165) is 6.42 Å². The topological polar surface area (TPSA) is 0 Å². The summed E-state index contributed by atoms with van der Waals surface area (Å²) in [6, 6.07) is 0. The number of rotatable bonds is 0. The molecule has 0 N–H and O–H groups in total. The third-order valence-electron chi connectivity index (χ3n) is 2.82. The van der Waals surface area contributed by atoms with Crippen molar-refractivity contribution in [2.24, 2.45) is 5.92 Å². The van der Waals surface area contributed by atoms with E-state index in [-0.39, 0.29) is 51.0 Å². The standard InChI is InChI=1S/C9H13.C5H5.2ClH.Zr/c1-6-5-7(2)9(4)8(6)3;1-2-4-5-3-1;;;/h6H,1-4H3;1-3H,4H2;2*1H;/q2*-1;;;+4/p-2. The van der Waals surface area contributed by atoms with Crippen LogP contribution < -0.4 is 24.8 Å². The zero-order valence-corrected chi connectivity index (χ0v) is 14.7. The first-order chi connectivity index (χ1) is 6.63. The van der Waals surface area contributed by atoms with Crippen LogP contribution in [0.15, 0.2) is 34.9 Å². The summed E-state index contributed by atoms with van der Waals surface area (Å²) in [5.74, 6) is 0.560. The molecule has 0 heterocycles. The molecule has 0 nitrogen and oxygen atoms in total. The Bertz CT molecular complexity index is 315. The minimum atomic E-state index is 0. The van der Waals surface area contributed by atoms with Gasteiger partial charge in [-0.1, -0.05) is 26.7 Å². The summed E-state index contributed by atoms with van der Waals surface area (Å²) in [6.45, 7) is 8.67. The third kappa shape index (κ3) is 7.44. The molecule has 1 atom stereocenters. The summed E-state index contributed by atoms with van der Waals surface area (Å²) in [6.07, 6.45) is 13.4. The average Bonchev–Trinajstić information content (AvgIpc) is 2.78. The van der Waals surface area contributed by atoms with E-state index in [4.69, 9.17) is 0 Å². The number of hydrogen-bond donors (Lipinski definition) is 0. The fourth-order valence-electron chi connectivity index (χ4n) is 1.50. The molecule has 0 aromatic carbocycles. The van der Waals surface area contributed by atoms with Gasteiger partial charge in [0.1, 0.15) is 0 Å². The van der Waals surface area contributed by atoms with Crippen LogP contribution >= 0.6 is 0 Å². The van der Waals surface area contributed by atoms with Crippen molar-refractivity contribution < 1.29 is 51.0 Å². The van der Waals surface area contributed by atoms with Gasteiger partial charge in [-0.25, -0.2) is 17.7 Å². The molecule has 0 radical (unpaired) electrons. The van der Waals surface area contributed by atoms with Crippen molar-refractivity contribution in [1.82, 2.24) is 0 Å². The quantitative estimate of drug-likeness (QED) is 0.446. The van der Waals surface area contributed by atoms with Gasteiger partial charge in [0.25, 0.3) is 0 Å². The Labute approximate surface area is 137 Å². The van der Waals surface area contributed by atoms with Crippen LogP contribution in [0, 0.1) is 18.1 Å². The van der Waals surface area contributed by atoms with E-state index in [0.29, 0.717) is 5.92 Å². The number of halogens is 2. The van der Waals surface area contributed by atoms with Crippen molar-refractivity contribution in [2.45, 2.75) is 34.1 Å². The minimum Gasteiger partial charge on any atom is -1.00 e. The van der Waals surface area contributed by atoms with Gasteiger partial charge in [0.05, 0.1) is 0 Å². The third-order valence-corrected chi connectivity index (χ3v) is 2.82. The van der Waals surface area contributed by atoms with Gasteiger partial charge in [0, 0.05) is 0 Å². The molecular weight excluding hydrogens is 330 g/mol. The van der Waals surface area contributed by atoms with Crippen LogP contribution in [-0.4, -0.2) is 0 Å². The monoisotopic (exact) mass is 346 g/mol. The van der Waals surface area contributed by atoms with Gasteiger partial charge in [0.2, 0.25) is 0 Å². The Kier molecular flexibility index (Phi) is 15.3.